The predicted molar refractivity (Wildman–Crippen MR) is 127 cm³/mol. The summed E-state index contributed by atoms with van der Waals surface area (Å²) in [6.07, 6.45) is 2.70. The zero-order valence-electron chi connectivity index (χ0n) is 17.8. The van der Waals surface area contributed by atoms with Crippen LogP contribution in [-0.2, 0) is 6.42 Å². The van der Waals surface area contributed by atoms with E-state index in [1.54, 1.807) is 0 Å². The molecule has 0 saturated carbocycles. The summed E-state index contributed by atoms with van der Waals surface area (Å²) in [5, 5.41) is 3.42. The lowest BCUT2D eigenvalue weighted by molar-refractivity contribution is 0.147. The van der Waals surface area contributed by atoms with E-state index >= 15 is 0 Å². The lowest BCUT2D eigenvalue weighted by atomic mass is 10.0. The van der Waals surface area contributed by atoms with Crippen LogP contribution in [0.5, 0.6) is 0 Å². The predicted octanol–water partition coefficient (Wildman–Crippen LogP) is 2.22. The van der Waals surface area contributed by atoms with E-state index < -0.39 is 0 Å². The molecule has 3 heterocycles. The number of rotatable bonds is 6. The number of hydrogen-bond acceptors (Lipinski definition) is 7. The number of fused-ring (bicyclic) bond motifs is 1. The summed E-state index contributed by atoms with van der Waals surface area (Å²) in [5.41, 5.74) is 11.8. The van der Waals surface area contributed by atoms with Crippen LogP contribution in [0.15, 0.2) is 47.6 Å². The van der Waals surface area contributed by atoms with Crippen molar-refractivity contribution in [3.05, 3.63) is 48.2 Å². The van der Waals surface area contributed by atoms with Crippen molar-refractivity contribution < 1.29 is 0 Å². The van der Waals surface area contributed by atoms with E-state index in [2.05, 4.69) is 62.1 Å². The topological polar surface area (TPSA) is 82.7 Å². The lowest BCUT2D eigenvalue weighted by Crippen LogP contribution is -2.63. The molecule has 2 fully saturated rings. The molecule has 3 aromatic rings. The highest BCUT2D eigenvalue weighted by atomic mass is 15.3. The maximum Gasteiger partial charge on any atom is 0.147 e. The lowest BCUT2D eigenvalue weighted by Gasteiger charge is -2.47. The number of benzene rings is 2. The van der Waals surface area contributed by atoms with Crippen LogP contribution in [-0.4, -0.2) is 73.4 Å². The van der Waals surface area contributed by atoms with E-state index in [0.29, 0.717) is 12.6 Å². The smallest absolute Gasteiger partial charge is 0.147 e. The zero-order chi connectivity index (χ0) is 21.2. The second-order valence-corrected chi connectivity index (χ2v) is 8.32. The van der Waals surface area contributed by atoms with Crippen molar-refractivity contribution in [3.8, 4) is 11.1 Å². The molecule has 2 aliphatic heterocycles. The molecule has 2 aromatic carbocycles. The number of hydrogen-bond donors (Lipinski definition) is 2. The summed E-state index contributed by atoms with van der Waals surface area (Å²) < 4.78 is 0. The molecule has 7 heteroatoms. The Morgan fingerprint density at radius 3 is 2.61 bits per heavy atom. The Kier molecular flexibility index (Phi) is 5.63. The van der Waals surface area contributed by atoms with E-state index in [4.69, 9.17) is 10.7 Å². The second-order valence-electron chi connectivity index (χ2n) is 8.32. The number of nitrogens with zero attached hydrogens (tertiary/aromatic N) is 5. The summed E-state index contributed by atoms with van der Waals surface area (Å²) in [6, 6.07) is 13.2. The van der Waals surface area contributed by atoms with Gasteiger partial charge in [0.05, 0.1) is 22.9 Å². The molecule has 0 spiro atoms. The number of aromatic nitrogens is 2. The molecule has 0 unspecified atom stereocenters. The normalized spacial score (nSPS) is 17.6. The minimum atomic E-state index is 0.599. The fourth-order valence-corrected chi connectivity index (χ4v) is 4.51. The van der Waals surface area contributed by atoms with Gasteiger partial charge in [0.2, 0.25) is 0 Å². The van der Waals surface area contributed by atoms with Gasteiger partial charge in [-0.15, -0.1) is 0 Å². The van der Waals surface area contributed by atoms with Crippen molar-refractivity contribution in [2.45, 2.75) is 12.5 Å². The number of nitrogens with one attached hydrogen (secondary N) is 1. The van der Waals surface area contributed by atoms with Gasteiger partial charge in [0.25, 0.3) is 0 Å². The minimum Gasteiger partial charge on any atom is -0.352 e. The van der Waals surface area contributed by atoms with Crippen LogP contribution in [0.4, 0.5) is 11.5 Å². The van der Waals surface area contributed by atoms with E-state index in [9.17, 15) is 0 Å². The Bertz CT molecular complexity index is 1080. The summed E-state index contributed by atoms with van der Waals surface area (Å²) in [4.78, 5) is 18.7. The molecule has 2 aliphatic rings. The van der Waals surface area contributed by atoms with Crippen LogP contribution >= 0.6 is 0 Å². The molecule has 160 valence electrons. The van der Waals surface area contributed by atoms with Gasteiger partial charge >= 0.3 is 0 Å². The van der Waals surface area contributed by atoms with Crippen LogP contribution in [0, 0.1) is 0 Å². The van der Waals surface area contributed by atoms with Crippen LogP contribution in [0.2, 0.25) is 0 Å². The third-order valence-corrected chi connectivity index (χ3v) is 6.39. The first kappa shape index (κ1) is 20.1. The molecular formula is C24H29N7. The van der Waals surface area contributed by atoms with Crippen LogP contribution in [0.3, 0.4) is 0 Å². The average molecular weight is 416 g/mol. The Labute approximate surface area is 183 Å². The Hall–Kier alpha value is -2.87. The second kappa shape index (κ2) is 8.70. The van der Waals surface area contributed by atoms with Gasteiger partial charge in [0.1, 0.15) is 5.82 Å². The highest BCUT2D eigenvalue weighted by molar-refractivity contribution is 5.83. The summed E-state index contributed by atoms with van der Waals surface area (Å²) in [7, 11) is 0. The van der Waals surface area contributed by atoms with Gasteiger partial charge in [0, 0.05) is 45.3 Å². The molecule has 0 bridgehead atoms. The van der Waals surface area contributed by atoms with E-state index in [1.165, 1.54) is 0 Å². The Morgan fingerprint density at radius 2 is 1.84 bits per heavy atom. The highest BCUT2D eigenvalue weighted by Gasteiger charge is 2.33. The zero-order valence-corrected chi connectivity index (χ0v) is 17.8. The fourth-order valence-electron chi connectivity index (χ4n) is 4.51. The van der Waals surface area contributed by atoms with Crippen molar-refractivity contribution in [2.24, 2.45) is 10.7 Å². The van der Waals surface area contributed by atoms with Gasteiger partial charge in [0.15, 0.2) is 0 Å². The molecule has 0 radical (unpaired) electrons. The van der Waals surface area contributed by atoms with Crippen LogP contribution in [0.25, 0.3) is 22.2 Å². The summed E-state index contributed by atoms with van der Waals surface area (Å²) in [6.45, 7) is 10.8. The summed E-state index contributed by atoms with van der Waals surface area (Å²) >= 11 is 0. The van der Waals surface area contributed by atoms with Crippen molar-refractivity contribution in [1.82, 2.24) is 20.2 Å². The first-order valence-corrected chi connectivity index (χ1v) is 11.0. The highest BCUT2D eigenvalue weighted by Crippen LogP contribution is 2.30. The molecule has 7 nitrogen and oxygen atoms in total. The standard InChI is InChI=1S/C24H29N7/c1-26-22-12-18(3-2-17(22)6-7-25)19-4-5-21-23(13-19)29-24(14-28-21)31-15-20(16-31)30-10-8-27-9-11-30/h2-5,12-14,20,27H,1,6-11,15-16,25H2. The largest absolute Gasteiger partial charge is 0.352 e. The molecular weight excluding hydrogens is 386 g/mol. The summed E-state index contributed by atoms with van der Waals surface area (Å²) in [5.74, 6) is 0.961. The number of piperazine rings is 1. The molecule has 0 atom stereocenters. The van der Waals surface area contributed by atoms with Crippen molar-refractivity contribution in [1.29, 1.82) is 0 Å². The Morgan fingerprint density at radius 1 is 1.06 bits per heavy atom. The first-order chi connectivity index (χ1) is 15.2. The van der Waals surface area contributed by atoms with Gasteiger partial charge in [-0.1, -0.05) is 18.2 Å². The maximum atomic E-state index is 5.71. The van der Waals surface area contributed by atoms with Gasteiger partial charge in [-0.3, -0.25) is 14.9 Å². The Balaban J connectivity index is 1.37. The number of aliphatic imine (C=N–C) groups is 1. The van der Waals surface area contributed by atoms with Crippen molar-refractivity contribution in [2.75, 3.05) is 50.7 Å². The van der Waals surface area contributed by atoms with Crippen LogP contribution < -0.4 is 16.0 Å². The van der Waals surface area contributed by atoms with Gasteiger partial charge < -0.3 is 16.0 Å². The third kappa shape index (κ3) is 4.04. The van der Waals surface area contributed by atoms with E-state index in [0.717, 1.165) is 84.9 Å². The molecule has 5 rings (SSSR count). The molecule has 0 aliphatic carbocycles. The van der Waals surface area contributed by atoms with E-state index in [1.807, 2.05) is 12.3 Å². The van der Waals surface area contributed by atoms with Crippen molar-refractivity contribution in [3.63, 3.8) is 0 Å². The number of nitrogens with two attached hydrogens (primary N) is 1. The van der Waals surface area contributed by atoms with Crippen molar-refractivity contribution >= 4 is 29.3 Å². The fraction of sp³-hybridized carbons (Fsp3) is 0.375. The molecule has 2 saturated heterocycles. The average Bonchev–Trinajstić information content (AvgIpc) is 2.79. The quantitative estimate of drug-likeness (QED) is 0.601. The molecule has 31 heavy (non-hydrogen) atoms. The van der Waals surface area contributed by atoms with Gasteiger partial charge in [-0.2, -0.15) is 0 Å². The molecule has 1 aromatic heterocycles. The third-order valence-electron chi connectivity index (χ3n) is 6.39. The van der Waals surface area contributed by atoms with Gasteiger partial charge in [-0.05, 0) is 54.6 Å². The maximum absolute atomic E-state index is 5.71. The molecule has 3 N–H and O–H groups in total. The monoisotopic (exact) mass is 415 g/mol. The molecule has 0 amide bonds. The van der Waals surface area contributed by atoms with Gasteiger partial charge in [-0.25, -0.2) is 4.98 Å². The van der Waals surface area contributed by atoms with E-state index in [-0.39, 0.29) is 0 Å². The first-order valence-electron chi connectivity index (χ1n) is 11.0. The van der Waals surface area contributed by atoms with Crippen LogP contribution in [0.1, 0.15) is 5.56 Å². The number of anilines is 1. The minimum absolute atomic E-state index is 0.599. The SMILES string of the molecule is C=Nc1cc(-c2ccc3ncc(N4CC(N5CCNCC5)C4)nc3c2)ccc1CCN.